The van der Waals surface area contributed by atoms with Crippen molar-refractivity contribution >= 4 is 23.7 Å². The molecule has 8 heteroatoms. The van der Waals surface area contributed by atoms with Gasteiger partial charge in [0.15, 0.2) is 0 Å². The third-order valence-corrected chi connectivity index (χ3v) is 4.11. The molecule has 0 aromatic heterocycles. The number of ether oxygens (including phenoxy) is 2. The molecule has 2 heterocycles. The molecule has 26 heavy (non-hydrogen) atoms. The Morgan fingerprint density at radius 3 is 2.58 bits per heavy atom. The molecule has 0 aliphatic carbocycles. The van der Waals surface area contributed by atoms with Crippen LogP contribution in [0, 0.1) is 5.92 Å². The van der Waals surface area contributed by atoms with Crippen LogP contribution < -0.4 is 0 Å². The van der Waals surface area contributed by atoms with Crippen LogP contribution in [-0.2, 0) is 23.9 Å². The van der Waals surface area contributed by atoms with E-state index in [9.17, 15) is 14.4 Å². The van der Waals surface area contributed by atoms with Crippen LogP contribution in [0.5, 0.6) is 0 Å². The zero-order valence-corrected chi connectivity index (χ0v) is 14.8. The average Bonchev–Trinajstić information content (AvgIpc) is 3.15. The van der Waals surface area contributed by atoms with Gasteiger partial charge in [0, 0.05) is 5.56 Å². The van der Waals surface area contributed by atoms with E-state index < -0.39 is 35.6 Å². The standard InChI is InChI=1S/C18H20N2O6/c1-4-24-16(22)14-12(13(19-26-14)11-8-6-5-7-9-11)15(21)20-10-18(2,3)25-17(20)23/h5-9,12,14H,4,10H2,1-3H3/t12-,14-/m1/s1. The van der Waals surface area contributed by atoms with Gasteiger partial charge in [-0.1, -0.05) is 35.5 Å². The molecule has 2 amide bonds. The van der Waals surface area contributed by atoms with Crippen molar-refractivity contribution in [1.82, 2.24) is 4.90 Å². The number of carbonyl (C=O) groups excluding carboxylic acids is 3. The van der Waals surface area contributed by atoms with E-state index in [2.05, 4.69) is 5.16 Å². The van der Waals surface area contributed by atoms with Crippen LogP contribution in [0.15, 0.2) is 35.5 Å². The summed E-state index contributed by atoms with van der Waals surface area (Å²) in [5, 5.41) is 3.94. The first-order valence-electron chi connectivity index (χ1n) is 8.34. The van der Waals surface area contributed by atoms with Gasteiger partial charge >= 0.3 is 12.1 Å². The lowest BCUT2D eigenvalue weighted by atomic mass is 9.90. The number of esters is 1. The van der Waals surface area contributed by atoms with Crippen molar-refractivity contribution in [3.8, 4) is 0 Å². The molecule has 0 N–H and O–H groups in total. The van der Waals surface area contributed by atoms with Crippen molar-refractivity contribution in [1.29, 1.82) is 0 Å². The van der Waals surface area contributed by atoms with Crippen molar-refractivity contribution in [3.63, 3.8) is 0 Å². The Labute approximate surface area is 150 Å². The van der Waals surface area contributed by atoms with Gasteiger partial charge in [-0.05, 0) is 20.8 Å². The topological polar surface area (TPSA) is 94.5 Å². The van der Waals surface area contributed by atoms with E-state index in [0.29, 0.717) is 5.56 Å². The minimum absolute atomic E-state index is 0.0821. The number of hydrogen-bond donors (Lipinski definition) is 0. The number of benzene rings is 1. The fraction of sp³-hybridized carbons (Fsp3) is 0.444. The Morgan fingerprint density at radius 2 is 2.00 bits per heavy atom. The maximum atomic E-state index is 13.1. The number of nitrogens with zero attached hydrogens (tertiary/aromatic N) is 2. The van der Waals surface area contributed by atoms with Crippen LogP contribution in [-0.4, -0.2) is 53.4 Å². The largest absolute Gasteiger partial charge is 0.463 e. The fourth-order valence-electron chi connectivity index (χ4n) is 2.97. The molecule has 2 aliphatic rings. The second-order valence-corrected chi connectivity index (χ2v) is 6.65. The summed E-state index contributed by atoms with van der Waals surface area (Å²) in [6.45, 7) is 5.29. The van der Waals surface area contributed by atoms with Gasteiger partial charge < -0.3 is 14.3 Å². The van der Waals surface area contributed by atoms with E-state index in [0.717, 1.165) is 4.90 Å². The Bertz CT molecular complexity index is 758. The van der Waals surface area contributed by atoms with E-state index in [4.69, 9.17) is 14.3 Å². The van der Waals surface area contributed by atoms with Crippen molar-refractivity contribution < 1.29 is 28.7 Å². The minimum atomic E-state index is -1.24. The predicted molar refractivity (Wildman–Crippen MR) is 90.2 cm³/mol. The van der Waals surface area contributed by atoms with E-state index >= 15 is 0 Å². The van der Waals surface area contributed by atoms with Crippen molar-refractivity contribution in [2.45, 2.75) is 32.5 Å². The summed E-state index contributed by atoms with van der Waals surface area (Å²) < 4.78 is 10.2. The zero-order chi connectivity index (χ0) is 18.9. The summed E-state index contributed by atoms with van der Waals surface area (Å²) in [6, 6.07) is 8.89. The SMILES string of the molecule is CCOC(=O)[C@@H]1ON=C(c2ccccc2)[C@H]1C(=O)N1CC(C)(C)OC1=O. The molecule has 0 unspecified atom stereocenters. The van der Waals surface area contributed by atoms with Gasteiger partial charge in [-0.2, -0.15) is 0 Å². The second kappa shape index (κ2) is 6.78. The molecule has 1 aromatic rings. The lowest BCUT2D eigenvalue weighted by Gasteiger charge is -2.21. The summed E-state index contributed by atoms with van der Waals surface area (Å²) in [5.74, 6) is -2.39. The number of hydrogen-bond acceptors (Lipinski definition) is 7. The van der Waals surface area contributed by atoms with Gasteiger partial charge in [-0.25, -0.2) is 14.5 Å². The Kier molecular flexibility index (Phi) is 4.67. The van der Waals surface area contributed by atoms with Gasteiger partial charge in [0.2, 0.25) is 12.0 Å². The third-order valence-electron chi connectivity index (χ3n) is 4.11. The molecule has 1 saturated heterocycles. The van der Waals surface area contributed by atoms with Crippen LogP contribution >= 0.6 is 0 Å². The van der Waals surface area contributed by atoms with Gasteiger partial charge in [0.05, 0.1) is 13.2 Å². The molecule has 2 atom stereocenters. The highest BCUT2D eigenvalue weighted by molar-refractivity contribution is 6.18. The van der Waals surface area contributed by atoms with Crippen LogP contribution in [0.3, 0.4) is 0 Å². The highest BCUT2D eigenvalue weighted by Crippen LogP contribution is 2.30. The zero-order valence-electron chi connectivity index (χ0n) is 14.8. The van der Waals surface area contributed by atoms with Gasteiger partial charge in [0.25, 0.3) is 0 Å². The molecule has 0 saturated carbocycles. The molecule has 0 spiro atoms. The molecular formula is C18H20N2O6. The number of cyclic esters (lactones) is 1. The summed E-state index contributed by atoms with van der Waals surface area (Å²) in [4.78, 5) is 43.7. The quantitative estimate of drug-likeness (QED) is 0.759. The average molecular weight is 360 g/mol. The fourth-order valence-corrected chi connectivity index (χ4v) is 2.97. The van der Waals surface area contributed by atoms with Crippen molar-refractivity contribution in [3.05, 3.63) is 35.9 Å². The number of imide groups is 1. The molecule has 0 radical (unpaired) electrons. The molecule has 3 rings (SSSR count). The molecule has 2 aliphatic heterocycles. The highest BCUT2D eigenvalue weighted by atomic mass is 16.7. The van der Waals surface area contributed by atoms with Crippen LogP contribution in [0.4, 0.5) is 4.79 Å². The van der Waals surface area contributed by atoms with Gasteiger partial charge in [-0.3, -0.25) is 4.79 Å². The van der Waals surface area contributed by atoms with Crippen molar-refractivity contribution in [2.24, 2.45) is 11.1 Å². The number of oxime groups is 1. The van der Waals surface area contributed by atoms with E-state index in [1.165, 1.54) is 0 Å². The lowest BCUT2D eigenvalue weighted by molar-refractivity contribution is -0.160. The summed E-state index contributed by atoms with van der Waals surface area (Å²) >= 11 is 0. The molecule has 0 bridgehead atoms. The highest BCUT2D eigenvalue weighted by Gasteiger charge is 2.51. The Hall–Kier alpha value is -2.90. The lowest BCUT2D eigenvalue weighted by Crippen LogP contribution is -2.47. The smallest absolute Gasteiger partial charge is 0.417 e. The normalized spacial score (nSPS) is 23.9. The first kappa shape index (κ1) is 17.9. The van der Waals surface area contributed by atoms with E-state index in [-0.39, 0.29) is 18.9 Å². The molecule has 8 nitrogen and oxygen atoms in total. The molecular weight excluding hydrogens is 340 g/mol. The van der Waals surface area contributed by atoms with E-state index in [1.54, 1.807) is 45.0 Å². The van der Waals surface area contributed by atoms with Crippen LogP contribution in [0.1, 0.15) is 26.3 Å². The Balaban J connectivity index is 1.94. The summed E-state index contributed by atoms with van der Waals surface area (Å²) in [7, 11) is 0. The van der Waals surface area contributed by atoms with Gasteiger partial charge in [-0.15, -0.1) is 0 Å². The maximum absolute atomic E-state index is 13.1. The number of amides is 2. The molecule has 1 fully saturated rings. The minimum Gasteiger partial charge on any atom is -0.463 e. The van der Waals surface area contributed by atoms with E-state index in [1.807, 2.05) is 6.07 Å². The number of rotatable bonds is 4. The van der Waals surface area contributed by atoms with Crippen LogP contribution in [0.25, 0.3) is 0 Å². The van der Waals surface area contributed by atoms with Crippen LogP contribution in [0.2, 0.25) is 0 Å². The van der Waals surface area contributed by atoms with Crippen molar-refractivity contribution in [2.75, 3.05) is 13.2 Å². The molecule has 138 valence electrons. The monoisotopic (exact) mass is 360 g/mol. The predicted octanol–water partition coefficient (Wildman–Crippen LogP) is 1.73. The molecule has 1 aromatic carbocycles. The van der Waals surface area contributed by atoms with Gasteiger partial charge in [0.1, 0.15) is 17.2 Å². The Morgan fingerprint density at radius 1 is 1.31 bits per heavy atom. The number of carbonyl (C=O) groups is 3. The third kappa shape index (κ3) is 3.26. The first-order chi connectivity index (χ1) is 12.3. The maximum Gasteiger partial charge on any atom is 0.417 e. The second-order valence-electron chi connectivity index (χ2n) is 6.65. The summed E-state index contributed by atoms with van der Waals surface area (Å²) in [5.41, 5.74) is 0.117. The first-order valence-corrected chi connectivity index (χ1v) is 8.34. The summed E-state index contributed by atoms with van der Waals surface area (Å²) in [6.07, 6.45) is -1.99.